The molecule has 0 fully saturated rings. The quantitative estimate of drug-likeness (QED) is 0.861. The Balaban J connectivity index is 2.84. The standard InChI is InChI=1S/C14H13NO4/c1-18-10-5-3-9(4-6-10)13-11(14(17)19-2)7-8-12(16)15-13/h3-8H,1-2H3,(H,15,16)/i1D3,3D,4D,5D,6D. The number of nitrogens with one attached hydrogen (secondary N) is 1. The number of aromatic nitrogens is 1. The Morgan fingerprint density at radius 1 is 1.32 bits per heavy atom. The van der Waals surface area contributed by atoms with Crippen LogP contribution in [-0.4, -0.2) is 25.1 Å². The first-order valence-electron chi connectivity index (χ1n) is 8.59. The van der Waals surface area contributed by atoms with E-state index in [4.69, 9.17) is 9.60 Å². The molecule has 0 bridgehead atoms. The second kappa shape index (κ2) is 5.39. The molecule has 1 aromatic heterocycles. The highest BCUT2D eigenvalue weighted by molar-refractivity contribution is 5.95. The lowest BCUT2D eigenvalue weighted by molar-refractivity contribution is 0.0601. The van der Waals surface area contributed by atoms with Crippen LogP contribution >= 0.6 is 0 Å². The molecule has 0 amide bonds. The van der Waals surface area contributed by atoms with E-state index in [1.807, 2.05) is 0 Å². The third kappa shape index (κ3) is 2.65. The van der Waals surface area contributed by atoms with Crippen LogP contribution in [-0.2, 0) is 4.74 Å². The molecule has 0 aliphatic carbocycles. The molecule has 0 aliphatic heterocycles. The summed E-state index contributed by atoms with van der Waals surface area (Å²) < 4.78 is 62.3. The lowest BCUT2D eigenvalue weighted by atomic mass is 10.1. The second-order valence-electron chi connectivity index (χ2n) is 3.41. The summed E-state index contributed by atoms with van der Waals surface area (Å²) in [7, 11) is -1.89. The van der Waals surface area contributed by atoms with Gasteiger partial charge in [0.2, 0.25) is 5.56 Å². The molecule has 0 saturated heterocycles. The Labute approximate surface area is 119 Å². The number of aromatic amines is 1. The van der Waals surface area contributed by atoms with Crippen molar-refractivity contribution in [2.24, 2.45) is 0 Å². The van der Waals surface area contributed by atoms with Crippen molar-refractivity contribution >= 4 is 5.97 Å². The number of methoxy groups -OCH3 is 2. The van der Waals surface area contributed by atoms with Crippen LogP contribution in [0, 0.1) is 0 Å². The fourth-order valence-electron chi connectivity index (χ4n) is 1.43. The van der Waals surface area contributed by atoms with Crippen LogP contribution in [0.4, 0.5) is 0 Å². The summed E-state index contributed by atoms with van der Waals surface area (Å²) in [6.45, 7) is 0. The summed E-state index contributed by atoms with van der Waals surface area (Å²) in [6, 6.07) is -0.734. The lowest BCUT2D eigenvalue weighted by Crippen LogP contribution is -2.12. The van der Waals surface area contributed by atoms with E-state index in [0.717, 1.165) is 19.2 Å². The Bertz CT molecular complexity index is 907. The molecule has 0 saturated carbocycles. The highest BCUT2D eigenvalue weighted by Gasteiger charge is 2.14. The van der Waals surface area contributed by atoms with Gasteiger partial charge in [-0.05, 0) is 35.8 Å². The van der Waals surface area contributed by atoms with Gasteiger partial charge in [0, 0.05) is 6.07 Å². The van der Waals surface area contributed by atoms with E-state index in [1.165, 1.54) is 0 Å². The van der Waals surface area contributed by atoms with Crippen molar-refractivity contribution in [2.75, 3.05) is 14.1 Å². The van der Waals surface area contributed by atoms with Gasteiger partial charge in [0.15, 0.2) is 0 Å². The van der Waals surface area contributed by atoms with Crippen molar-refractivity contribution in [2.45, 2.75) is 0 Å². The van der Waals surface area contributed by atoms with Gasteiger partial charge in [0.25, 0.3) is 0 Å². The van der Waals surface area contributed by atoms with Gasteiger partial charge in [0.05, 0.1) is 35.0 Å². The summed E-state index contributed by atoms with van der Waals surface area (Å²) in [4.78, 5) is 25.9. The molecule has 0 radical (unpaired) electrons. The number of carbonyl (C=O) groups excluding carboxylic acids is 1. The molecule has 0 atom stereocenters. The molecular formula is C14H13NO4. The Morgan fingerprint density at radius 3 is 2.68 bits per heavy atom. The SMILES string of the molecule is [2H]c1c([2H])c(-c2[nH]c(=O)ccc2C(=O)OC)c([2H])c([2H])c1OC([2H])([2H])[2H]. The zero-order chi connectivity index (χ0) is 19.8. The molecule has 2 aromatic rings. The number of hydrogen-bond donors (Lipinski definition) is 1. The van der Waals surface area contributed by atoms with Crippen LogP contribution in [0.3, 0.4) is 0 Å². The number of esters is 1. The molecule has 2 rings (SSSR count). The second-order valence-corrected chi connectivity index (χ2v) is 3.41. The maximum atomic E-state index is 11.9. The highest BCUT2D eigenvalue weighted by Crippen LogP contribution is 2.23. The summed E-state index contributed by atoms with van der Waals surface area (Å²) in [5, 5.41) is 0. The first-order valence-corrected chi connectivity index (χ1v) is 5.09. The summed E-state index contributed by atoms with van der Waals surface area (Å²) in [5.41, 5.74) is -1.50. The smallest absolute Gasteiger partial charge is 0.340 e. The van der Waals surface area contributed by atoms with Crippen LogP contribution in [0.15, 0.2) is 41.1 Å². The third-order valence-electron chi connectivity index (χ3n) is 2.28. The van der Waals surface area contributed by atoms with Crippen molar-refractivity contribution < 1.29 is 23.9 Å². The number of hydrogen-bond acceptors (Lipinski definition) is 4. The van der Waals surface area contributed by atoms with Gasteiger partial charge in [-0.2, -0.15) is 0 Å². The fourth-order valence-corrected chi connectivity index (χ4v) is 1.43. The van der Waals surface area contributed by atoms with Gasteiger partial charge in [-0.15, -0.1) is 0 Å². The maximum absolute atomic E-state index is 11.9. The van der Waals surface area contributed by atoms with E-state index in [2.05, 4.69) is 14.5 Å². The summed E-state index contributed by atoms with van der Waals surface area (Å²) in [6.07, 6.45) is 0. The maximum Gasteiger partial charge on any atom is 0.340 e. The van der Waals surface area contributed by atoms with E-state index in [9.17, 15) is 9.59 Å². The van der Waals surface area contributed by atoms with Crippen LogP contribution in [0.5, 0.6) is 5.75 Å². The molecule has 0 aliphatic rings. The van der Waals surface area contributed by atoms with Crippen molar-refractivity contribution in [1.29, 1.82) is 0 Å². The minimum atomic E-state index is -2.98. The van der Waals surface area contributed by atoms with E-state index in [0.29, 0.717) is 0 Å². The Hall–Kier alpha value is -2.56. The van der Waals surface area contributed by atoms with Crippen molar-refractivity contribution in [3.63, 3.8) is 0 Å². The minimum absolute atomic E-state index is 0.183. The number of benzene rings is 1. The molecular weight excluding hydrogens is 246 g/mol. The van der Waals surface area contributed by atoms with Crippen LogP contribution in [0.1, 0.15) is 20.0 Å². The predicted molar refractivity (Wildman–Crippen MR) is 70.4 cm³/mol. The predicted octanol–water partition coefficient (Wildman–Crippen LogP) is 1.84. The zero-order valence-electron chi connectivity index (χ0n) is 16.8. The molecule has 1 aromatic carbocycles. The van der Waals surface area contributed by atoms with Gasteiger partial charge >= 0.3 is 5.97 Å². The third-order valence-corrected chi connectivity index (χ3v) is 2.28. The van der Waals surface area contributed by atoms with E-state index in [1.54, 1.807) is 0 Å². The van der Waals surface area contributed by atoms with Gasteiger partial charge in [-0.3, -0.25) is 4.79 Å². The van der Waals surface area contributed by atoms with Crippen molar-refractivity contribution in [3.8, 4) is 17.0 Å². The van der Waals surface area contributed by atoms with E-state index >= 15 is 0 Å². The molecule has 1 heterocycles. The molecule has 5 nitrogen and oxygen atoms in total. The van der Waals surface area contributed by atoms with Crippen molar-refractivity contribution in [1.82, 2.24) is 4.98 Å². The zero-order valence-corrected chi connectivity index (χ0v) is 9.79. The van der Waals surface area contributed by atoms with Crippen LogP contribution in [0.25, 0.3) is 11.3 Å². The number of ether oxygens (including phenoxy) is 2. The molecule has 0 spiro atoms. The largest absolute Gasteiger partial charge is 0.497 e. The summed E-state index contributed by atoms with van der Waals surface area (Å²) >= 11 is 0. The molecule has 1 N–H and O–H groups in total. The normalized spacial score (nSPS) is 15.9. The Kier molecular flexibility index (Phi) is 1.86. The van der Waals surface area contributed by atoms with E-state index < -0.39 is 54.0 Å². The molecule has 0 unspecified atom stereocenters. The van der Waals surface area contributed by atoms with Gasteiger partial charge in [-0.25, -0.2) is 4.79 Å². The summed E-state index contributed by atoms with van der Waals surface area (Å²) in [5.74, 6) is -1.63. The average Bonchev–Trinajstić information content (AvgIpc) is 2.56. The number of pyridine rings is 1. The topological polar surface area (TPSA) is 68.4 Å². The van der Waals surface area contributed by atoms with E-state index in [-0.39, 0.29) is 11.3 Å². The molecule has 19 heavy (non-hydrogen) atoms. The number of rotatable bonds is 3. The van der Waals surface area contributed by atoms with Crippen LogP contribution in [0.2, 0.25) is 0 Å². The first kappa shape index (κ1) is 6.56. The van der Waals surface area contributed by atoms with Crippen LogP contribution < -0.4 is 10.3 Å². The first-order chi connectivity index (χ1) is 12.0. The highest BCUT2D eigenvalue weighted by atomic mass is 16.5. The molecule has 5 heteroatoms. The van der Waals surface area contributed by atoms with Gasteiger partial charge in [-0.1, -0.05) is 0 Å². The monoisotopic (exact) mass is 266 g/mol. The van der Waals surface area contributed by atoms with Crippen molar-refractivity contribution in [3.05, 3.63) is 52.2 Å². The van der Waals surface area contributed by atoms with Gasteiger partial charge in [0.1, 0.15) is 5.75 Å². The minimum Gasteiger partial charge on any atom is -0.497 e. The Morgan fingerprint density at radius 2 is 2.05 bits per heavy atom. The lowest BCUT2D eigenvalue weighted by Gasteiger charge is -2.08. The molecule has 98 valence electrons. The average molecular weight is 266 g/mol. The van der Waals surface area contributed by atoms with Gasteiger partial charge < -0.3 is 14.5 Å². The fraction of sp³-hybridized carbons (Fsp3) is 0.143. The number of carbonyl (C=O) groups is 1. The number of H-pyrrole nitrogens is 1.